The van der Waals surface area contributed by atoms with E-state index in [1.165, 1.54) is 12.1 Å². The fourth-order valence-corrected chi connectivity index (χ4v) is 1.71. The number of hydrogen-bond acceptors (Lipinski definition) is 2. The zero-order chi connectivity index (χ0) is 11.6. The zero-order valence-electron chi connectivity index (χ0n) is 8.55. The van der Waals surface area contributed by atoms with Crippen LogP contribution < -0.4 is 5.32 Å². The van der Waals surface area contributed by atoms with E-state index in [4.69, 9.17) is 4.74 Å². The number of hydrogen-bond donors (Lipinski definition) is 1. The summed E-state index contributed by atoms with van der Waals surface area (Å²) in [4.78, 5) is 0. The Kier molecular flexibility index (Phi) is 3.16. The largest absolute Gasteiger partial charge is 0.416 e. The van der Waals surface area contributed by atoms with Crippen LogP contribution in [0.3, 0.4) is 0 Å². The van der Waals surface area contributed by atoms with Crippen molar-refractivity contribution in [3.63, 3.8) is 0 Å². The maximum absolute atomic E-state index is 12.5. The Morgan fingerprint density at radius 3 is 2.75 bits per heavy atom. The molecule has 5 heteroatoms. The van der Waals surface area contributed by atoms with Crippen molar-refractivity contribution in [1.82, 2.24) is 5.32 Å². The number of halogens is 3. The molecule has 0 bridgehead atoms. The molecule has 2 nitrogen and oxygen atoms in total. The summed E-state index contributed by atoms with van der Waals surface area (Å²) in [6, 6.07) is 5.21. The van der Waals surface area contributed by atoms with Crippen LogP contribution in [0, 0.1) is 0 Å². The van der Waals surface area contributed by atoms with E-state index >= 15 is 0 Å². The third kappa shape index (κ3) is 2.54. The Balaban J connectivity index is 2.21. The Hall–Kier alpha value is -1.07. The molecule has 1 fully saturated rings. The normalized spacial score (nSPS) is 22.1. The number of alkyl halides is 3. The average molecular weight is 231 g/mol. The van der Waals surface area contributed by atoms with Gasteiger partial charge in [0, 0.05) is 6.54 Å². The van der Waals surface area contributed by atoms with Crippen LogP contribution in [-0.4, -0.2) is 19.8 Å². The van der Waals surface area contributed by atoms with Crippen molar-refractivity contribution >= 4 is 0 Å². The molecule has 1 heterocycles. The minimum atomic E-state index is -4.29. The number of benzene rings is 1. The van der Waals surface area contributed by atoms with Crippen molar-refractivity contribution in [2.75, 3.05) is 19.8 Å². The molecule has 1 aliphatic rings. The first-order valence-electron chi connectivity index (χ1n) is 5.05. The van der Waals surface area contributed by atoms with E-state index in [-0.39, 0.29) is 6.04 Å². The van der Waals surface area contributed by atoms with Crippen molar-refractivity contribution in [3.05, 3.63) is 35.4 Å². The van der Waals surface area contributed by atoms with Crippen molar-refractivity contribution in [2.24, 2.45) is 0 Å². The number of ether oxygens (including phenoxy) is 1. The summed E-state index contributed by atoms with van der Waals surface area (Å²) in [6.45, 7) is 1.69. The Morgan fingerprint density at radius 2 is 2.12 bits per heavy atom. The number of morpholine rings is 1. The molecule has 1 aromatic carbocycles. The van der Waals surface area contributed by atoms with Crippen LogP contribution in [0.25, 0.3) is 0 Å². The molecule has 1 atom stereocenters. The second-order valence-electron chi connectivity index (χ2n) is 3.70. The molecule has 1 aromatic rings. The van der Waals surface area contributed by atoms with Crippen LogP contribution in [0.1, 0.15) is 17.2 Å². The average Bonchev–Trinajstić information content (AvgIpc) is 2.29. The van der Waals surface area contributed by atoms with Crippen molar-refractivity contribution in [2.45, 2.75) is 12.2 Å². The van der Waals surface area contributed by atoms with Crippen molar-refractivity contribution in [1.29, 1.82) is 0 Å². The highest BCUT2D eigenvalue weighted by molar-refractivity contribution is 5.28. The Labute approximate surface area is 91.4 Å². The van der Waals surface area contributed by atoms with E-state index in [2.05, 4.69) is 5.32 Å². The van der Waals surface area contributed by atoms with Crippen LogP contribution >= 0.6 is 0 Å². The second-order valence-corrected chi connectivity index (χ2v) is 3.70. The van der Waals surface area contributed by atoms with Gasteiger partial charge in [0.05, 0.1) is 24.8 Å². The first kappa shape index (κ1) is 11.4. The van der Waals surface area contributed by atoms with Gasteiger partial charge < -0.3 is 10.1 Å². The fraction of sp³-hybridized carbons (Fsp3) is 0.455. The van der Waals surface area contributed by atoms with Crippen LogP contribution in [0.15, 0.2) is 24.3 Å². The quantitative estimate of drug-likeness (QED) is 0.801. The molecule has 1 N–H and O–H groups in total. The monoisotopic (exact) mass is 231 g/mol. The number of nitrogens with one attached hydrogen (secondary N) is 1. The molecule has 16 heavy (non-hydrogen) atoms. The molecule has 0 radical (unpaired) electrons. The lowest BCUT2D eigenvalue weighted by atomic mass is 10.0. The summed E-state index contributed by atoms with van der Waals surface area (Å²) in [7, 11) is 0. The summed E-state index contributed by atoms with van der Waals surface area (Å²) in [6.07, 6.45) is -4.29. The van der Waals surface area contributed by atoms with Gasteiger partial charge in [-0.25, -0.2) is 0 Å². The molecule has 0 unspecified atom stereocenters. The molecule has 0 amide bonds. The van der Waals surface area contributed by atoms with Gasteiger partial charge in [0.2, 0.25) is 0 Å². The lowest BCUT2D eigenvalue weighted by Gasteiger charge is -2.24. The van der Waals surface area contributed by atoms with Crippen LogP contribution in [-0.2, 0) is 10.9 Å². The zero-order valence-corrected chi connectivity index (χ0v) is 8.55. The van der Waals surface area contributed by atoms with E-state index in [1.54, 1.807) is 6.07 Å². The van der Waals surface area contributed by atoms with Gasteiger partial charge in [0.25, 0.3) is 0 Å². The lowest BCUT2D eigenvalue weighted by Crippen LogP contribution is -2.34. The van der Waals surface area contributed by atoms with Crippen LogP contribution in [0.2, 0.25) is 0 Å². The van der Waals surface area contributed by atoms with Gasteiger partial charge in [0.15, 0.2) is 0 Å². The second kappa shape index (κ2) is 4.43. The van der Waals surface area contributed by atoms with Crippen LogP contribution in [0.5, 0.6) is 0 Å². The van der Waals surface area contributed by atoms with Crippen molar-refractivity contribution < 1.29 is 17.9 Å². The first-order valence-corrected chi connectivity index (χ1v) is 5.05. The molecule has 2 rings (SSSR count). The molecule has 0 aromatic heterocycles. The molecule has 0 aliphatic carbocycles. The molecule has 88 valence electrons. The predicted molar refractivity (Wildman–Crippen MR) is 53.0 cm³/mol. The van der Waals surface area contributed by atoms with E-state index in [9.17, 15) is 13.2 Å². The topological polar surface area (TPSA) is 21.3 Å². The van der Waals surface area contributed by atoms with Gasteiger partial charge in [-0.1, -0.05) is 12.1 Å². The summed E-state index contributed by atoms with van der Waals surface area (Å²) in [5.41, 5.74) is 0.00639. The van der Waals surface area contributed by atoms with Gasteiger partial charge >= 0.3 is 6.18 Å². The molecule has 1 aliphatic heterocycles. The maximum atomic E-state index is 12.5. The predicted octanol–water partition coefficient (Wildman–Crippen LogP) is 2.37. The third-order valence-corrected chi connectivity index (χ3v) is 2.54. The molecule has 0 saturated carbocycles. The Bertz CT molecular complexity index is 358. The smallest absolute Gasteiger partial charge is 0.378 e. The highest BCUT2D eigenvalue weighted by Crippen LogP contribution is 2.30. The van der Waals surface area contributed by atoms with E-state index in [0.29, 0.717) is 25.3 Å². The van der Waals surface area contributed by atoms with Gasteiger partial charge in [-0.3, -0.25) is 0 Å². The maximum Gasteiger partial charge on any atom is 0.416 e. The SMILES string of the molecule is FC(F)(F)c1cccc([C@@H]2COCCN2)c1. The van der Waals surface area contributed by atoms with E-state index < -0.39 is 11.7 Å². The number of rotatable bonds is 1. The first-order chi connectivity index (χ1) is 7.57. The molecular weight excluding hydrogens is 219 g/mol. The summed E-state index contributed by atoms with van der Waals surface area (Å²) >= 11 is 0. The van der Waals surface area contributed by atoms with Gasteiger partial charge in [-0.2, -0.15) is 13.2 Å². The van der Waals surface area contributed by atoms with Gasteiger partial charge in [-0.15, -0.1) is 0 Å². The standard InChI is InChI=1S/C11H12F3NO/c12-11(13,14)9-3-1-2-8(6-9)10-7-16-5-4-15-10/h1-3,6,10,15H,4-5,7H2/t10-/m0/s1. The molecular formula is C11H12F3NO. The third-order valence-electron chi connectivity index (χ3n) is 2.54. The van der Waals surface area contributed by atoms with Gasteiger partial charge in [0.1, 0.15) is 0 Å². The molecule has 1 saturated heterocycles. The van der Waals surface area contributed by atoms with E-state index in [0.717, 1.165) is 6.07 Å². The summed E-state index contributed by atoms with van der Waals surface area (Å²) in [5, 5.41) is 3.12. The highest BCUT2D eigenvalue weighted by atomic mass is 19.4. The summed E-state index contributed by atoms with van der Waals surface area (Å²) in [5.74, 6) is 0. The lowest BCUT2D eigenvalue weighted by molar-refractivity contribution is -0.137. The van der Waals surface area contributed by atoms with Gasteiger partial charge in [-0.05, 0) is 17.7 Å². The minimum absolute atomic E-state index is 0.143. The van der Waals surface area contributed by atoms with Crippen LogP contribution in [0.4, 0.5) is 13.2 Å². The molecule has 0 spiro atoms. The highest BCUT2D eigenvalue weighted by Gasteiger charge is 2.31. The fourth-order valence-electron chi connectivity index (χ4n) is 1.71. The summed E-state index contributed by atoms with van der Waals surface area (Å²) < 4.78 is 42.7. The minimum Gasteiger partial charge on any atom is -0.378 e. The van der Waals surface area contributed by atoms with Crippen molar-refractivity contribution in [3.8, 4) is 0 Å². The van der Waals surface area contributed by atoms with E-state index in [1.807, 2.05) is 0 Å². The Morgan fingerprint density at radius 1 is 1.31 bits per heavy atom.